The number of ketones is 2. The average Bonchev–Trinajstić information content (AvgIpc) is 2.51. The summed E-state index contributed by atoms with van der Waals surface area (Å²) in [5.41, 5.74) is 3.30. The van der Waals surface area contributed by atoms with E-state index in [0.29, 0.717) is 22.6 Å². The molecule has 0 unspecified atom stereocenters. The third-order valence-corrected chi connectivity index (χ3v) is 3.52. The molecule has 0 bridgehead atoms. The Balaban J connectivity index is 0.00000176. The fourth-order valence-electron chi connectivity index (χ4n) is 2.41. The van der Waals surface area contributed by atoms with Crippen LogP contribution in [-0.4, -0.2) is 23.7 Å². The molecule has 0 N–H and O–H groups in total. The maximum absolute atomic E-state index is 12.0. The Morgan fingerprint density at radius 2 is 1.59 bits per heavy atom. The van der Waals surface area contributed by atoms with Crippen molar-refractivity contribution in [3.63, 3.8) is 0 Å². The van der Waals surface area contributed by atoms with Gasteiger partial charge in [-0.1, -0.05) is 0 Å². The maximum atomic E-state index is 12.0. The first-order valence-electron chi connectivity index (χ1n) is 6.52. The van der Waals surface area contributed by atoms with Crippen molar-refractivity contribution in [3.8, 4) is 17.0 Å². The van der Waals surface area contributed by atoms with Gasteiger partial charge in [-0.3, -0.25) is 14.6 Å². The number of methoxy groups -OCH3 is 1. The summed E-state index contributed by atoms with van der Waals surface area (Å²) in [5, 5.41) is 0. The minimum atomic E-state index is -0.159. The molecule has 0 fully saturated rings. The van der Waals surface area contributed by atoms with E-state index in [4.69, 9.17) is 4.74 Å². The van der Waals surface area contributed by atoms with Crippen LogP contribution >= 0.6 is 0 Å². The van der Waals surface area contributed by atoms with Gasteiger partial charge in [-0.15, -0.1) is 0 Å². The van der Waals surface area contributed by atoms with E-state index in [-0.39, 0.29) is 42.7 Å². The smallest absolute Gasteiger partial charge is 0.186 e. The van der Waals surface area contributed by atoms with E-state index in [2.05, 4.69) is 4.98 Å². The van der Waals surface area contributed by atoms with Crippen LogP contribution in [0.1, 0.15) is 26.3 Å². The molecule has 1 aliphatic rings. The summed E-state index contributed by atoms with van der Waals surface area (Å²) in [4.78, 5) is 28.1. The first kappa shape index (κ1) is 16.7. The molecule has 0 spiro atoms. The first-order valence-corrected chi connectivity index (χ1v) is 6.52. The zero-order valence-corrected chi connectivity index (χ0v) is 16.4. The van der Waals surface area contributed by atoms with Crippen LogP contribution in [0.3, 0.4) is 0 Å². The zero-order chi connectivity index (χ0) is 15.0. The summed E-state index contributed by atoms with van der Waals surface area (Å²) < 4.78 is 5.19. The van der Waals surface area contributed by atoms with Crippen LogP contribution in [0.5, 0.6) is 5.75 Å². The van der Waals surface area contributed by atoms with Gasteiger partial charge in [0.2, 0.25) is 0 Å². The number of rotatable bonds is 2. The van der Waals surface area contributed by atoms with Gasteiger partial charge in [0.15, 0.2) is 11.6 Å². The second-order valence-corrected chi connectivity index (χ2v) is 4.86. The summed E-state index contributed by atoms with van der Waals surface area (Å²) in [6, 6.07) is 7.04. The van der Waals surface area contributed by atoms with E-state index in [1.165, 1.54) is 12.2 Å². The number of benzene rings is 1. The van der Waals surface area contributed by atoms with Gasteiger partial charge in [0, 0.05) is 60.1 Å². The van der Waals surface area contributed by atoms with Crippen molar-refractivity contribution < 1.29 is 45.4 Å². The SMILES string of the molecule is COc1ccnc(-c2cc3c(cc2C)C(=O)C=CC3=O)c1.[U]. The number of aryl methyl sites for hydroxylation is 1. The Morgan fingerprint density at radius 3 is 2.23 bits per heavy atom. The van der Waals surface area contributed by atoms with Crippen molar-refractivity contribution in [2.75, 3.05) is 7.11 Å². The number of nitrogens with zero attached hydrogens (tertiary/aromatic N) is 1. The second-order valence-electron chi connectivity index (χ2n) is 4.86. The van der Waals surface area contributed by atoms with Gasteiger partial charge in [-0.2, -0.15) is 0 Å². The zero-order valence-electron chi connectivity index (χ0n) is 12.2. The average molecular weight is 517 g/mol. The van der Waals surface area contributed by atoms with E-state index < -0.39 is 0 Å². The second kappa shape index (κ2) is 6.60. The minimum absolute atomic E-state index is 0. The molecule has 1 aromatic carbocycles. The number of hydrogen-bond acceptors (Lipinski definition) is 4. The molecule has 0 radical (unpaired) electrons. The minimum Gasteiger partial charge on any atom is -0.497 e. The Morgan fingerprint density at radius 1 is 0.955 bits per heavy atom. The summed E-state index contributed by atoms with van der Waals surface area (Å²) in [6.07, 6.45) is 4.27. The fourth-order valence-corrected chi connectivity index (χ4v) is 2.41. The van der Waals surface area contributed by atoms with Gasteiger partial charge in [-0.05, 0) is 42.8 Å². The number of fused-ring (bicyclic) bond motifs is 1. The monoisotopic (exact) mass is 517 g/mol. The Labute approximate surface area is 152 Å². The van der Waals surface area contributed by atoms with Crippen LogP contribution < -0.4 is 4.74 Å². The predicted octanol–water partition coefficient (Wildman–Crippen LogP) is 3.00. The van der Waals surface area contributed by atoms with Crippen LogP contribution in [0.25, 0.3) is 11.3 Å². The molecule has 0 atom stereocenters. The molecule has 5 heteroatoms. The van der Waals surface area contributed by atoms with E-state index in [9.17, 15) is 9.59 Å². The molecule has 22 heavy (non-hydrogen) atoms. The Kier molecular flexibility index (Phi) is 5.00. The third kappa shape index (κ3) is 2.92. The molecule has 3 rings (SSSR count). The summed E-state index contributed by atoms with van der Waals surface area (Å²) in [7, 11) is 1.59. The van der Waals surface area contributed by atoms with Gasteiger partial charge < -0.3 is 4.74 Å². The summed E-state index contributed by atoms with van der Waals surface area (Å²) in [6.45, 7) is 1.90. The van der Waals surface area contributed by atoms with E-state index >= 15 is 0 Å². The van der Waals surface area contributed by atoms with Crippen LogP contribution in [-0.2, 0) is 0 Å². The first-order chi connectivity index (χ1) is 10.1. The number of carbonyl (C=O) groups excluding carboxylic acids is 2. The summed E-state index contributed by atoms with van der Waals surface area (Å²) >= 11 is 0. The third-order valence-electron chi connectivity index (χ3n) is 3.52. The molecule has 0 saturated carbocycles. The van der Waals surface area contributed by atoms with Crippen LogP contribution in [0.4, 0.5) is 0 Å². The van der Waals surface area contributed by atoms with Gasteiger partial charge in [0.1, 0.15) is 5.75 Å². The maximum Gasteiger partial charge on any atom is 0.186 e. The number of allylic oxidation sites excluding steroid dienone is 2. The Hall–Kier alpha value is -1.70. The molecule has 1 heterocycles. The number of ether oxygens (including phenoxy) is 1. The normalized spacial score (nSPS) is 12.6. The van der Waals surface area contributed by atoms with Crippen molar-refractivity contribution in [2.24, 2.45) is 0 Å². The molecule has 0 aliphatic heterocycles. The molecular weight excluding hydrogens is 504 g/mol. The molecule has 0 saturated heterocycles. The predicted molar refractivity (Wildman–Crippen MR) is 78.8 cm³/mol. The molecule has 1 aromatic heterocycles. The van der Waals surface area contributed by atoms with Crippen LogP contribution in [0.15, 0.2) is 42.6 Å². The van der Waals surface area contributed by atoms with E-state index in [1.807, 2.05) is 6.92 Å². The summed E-state index contributed by atoms with van der Waals surface area (Å²) in [5.74, 6) is 0.394. The molecule has 0 amide bonds. The van der Waals surface area contributed by atoms with Gasteiger partial charge in [0.05, 0.1) is 12.8 Å². The Bertz CT molecular complexity index is 796. The number of pyridine rings is 1. The topological polar surface area (TPSA) is 56.3 Å². The van der Waals surface area contributed by atoms with Gasteiger partial charge in [0.25, 0.3) is 0 Å². The standard InChI is InChI=1S/C17H13NO3.U/c1-10-7-13-14(17(20)4-3-16(13)19)9-12(10)15-8-11(21-2)5-6-18-15;/h3-9H,1-2H3;. The number of hydrogen-bond donors (Lipinski definition) is 0. The van der Waals surface area contributed by atoms with Gasteiger partial charge in [-0.25, -0.2) is 0 Å². The van der Waals surface area contributed by atoms with Crippen LogP contribution in [0.2, 0.25) is 0 Å². The van der Waals surface area contributed by atoms with E-state index in [1.54, 1.807) is 37.6 Å². The van der Waals surface area contributed by atoms with Crippen LogP contribution in [0, 0.1) is 38.0 Å². The van der Waals surface area contributed by atoms with Gasteiger partial charge >= 0.3 is 0 Å². The molecule has 4 nitrogen and oxygen atoms in total. The van der Waals surface area contributed by atoms with Crippen molar-refractivity contribution in [1.29, 1.82) is 0 Å². The fraction of sp³-hybridized carbons (Fsp3) is 0.118. The van der Waals surface area contributed by atoms with Crippen molar-refractivity contribution in [3.05, 3.63) is 59.3 Å². The van der Waals surface area contributed by atoms with Crippen molar-refractivity contribution >= 4 is 11.6 Å². The quantitative estimate of drug-likeness (QED) is 0.615. The number of aromatic nitrogens is 1. The molecular formula is C17H13NO3U. The van der Waals surface area contributed by atoms with Crippen molar-refractivity contribution in [2.45, 2.75) is 6.92 Å². The van der Waals surface area contributed by atoms with E-state index in [0.717, 1.165) is 11.1 Å². The number of carbonyl (C=O) groups is 2. The molecule has 108 valence electrons. The largest absolute Gasteiger partial charge is 0.497 e. The molecule has 2 aromatic rings. The van der Waals surface area contributed by atoms with Crippen molar-refractivity contribution in [1.82, 2.24) is 4.98 Å². The molecule has 1 aliphatic carbocycles.